The van der Waals surface area contributed by atoms with Crippen LogP contribution in [-0.2, 0) is 6.54 Å². The quantitative estimate of drug-likeness (QED) is 0.473. The summed E-state index contributed by atoms with van der Waals surface area (Å²) in [4.78, 5) is 2.26. The monoisotopic (exact) mass is 349 g/mol. The fraction of sp³-hybridized carbons (Fsp3) is 0.0400. The molecule has 4 aromatic carbocycles. The van der Waals surface area contributed by atoms with Crippen LogP contribution < -0.4 is 10.6 Å². The van der Waals surface area contributed by atoms with E-state index in [0.717, 1.165) is 28.2 Å². The first-order valence-electron chi connectivity index (χ1n) is 9.06. The van der Waals surface area contributed by atoms with E-state index in [2.05, 4.69) is 95.9 Å². The highest BCUT2D eigenvalue weighted by Crippen LogP contribution is 2.35. The Morgan fingerprint density at radius 3 is 1.74 bits per heavy atom. The second kappa shape index (κ2) is 7.90. The van der Waals surface area contributed by atoms with Crippen molar-refractivity contribution in [3.05, 3.63) is 115 Å². The Kier molecular flexibility index (Phi) is 4.99. The highest BCUT2D eigenvalue weighted by atomic mass is 15.1. The average molecular weight is 349 g/mol. The van der Waals surface area contributed by atoms with Crippen molar-refractivity contribution < 1.29 is 0 Å². The number of nitrogens with two attached hydrogens (primary N) is 1. The Morgan fingerprint density at radius 1 is 0.630 bits per heavy atom. The first-order chi connectivity index (χ1) is 13.3. The van der Waals surface area contributed by atoms with Gasteiger partial charge in [0.15, 0.2) is 0 Å². The molecule has 131 valence electrons. The van der Waals surface area contributed by atoms with Gasteiger partial charge in [0.05, 0.1) is 0 Å². The lowest BCUT2D eigenvalue weighted by Crippen LogP contribution is -2.09. The summed E-state index contributed by atoms with van der Waals surface area (Å²) in [6.07, 6.45) is 0. The third-order valence-corrected chi connectivity index (χ3v) is 4.57. The van der Waals surface area contributed by atoms with E-state index in [9.17, 15) is 0 Å². The number of para-hydroxylation sites is 2. The summed E-state index contributed by atoms with van der Waals surface area (Å²) in [7, 11) is 0. The van der Waals surface area contributed by atoms with Gasteiger partial charge in [0.25, 0.3) is 0 Å². The molecule has 0 atom stereocenters. The van der Waals surface area contributed by atoms with Crippen LogP contribution in [0.15, 0.2) is 103 Å². The molecule has 0 saturated carbocycles. The summed E-state index contributed by atoms with van der Waals surface area (Å²) in [6, 6.07) is 38.7. The van der Waals surface area contributed by atoms with Gasteiger partial charge in [-0.2, -0.15) is 0 Å². The molecule has 2 nitrogen and oxygen atoms in total. The van der Waals surface area contributed by atoms with Gasteiger partial charge >= 0.3 is 0 Å². The van der Waals surface area contributed by atoms with Crippen LogP contribution in [0.3, 0.4) is 0 Å². The predicted molar refractivity (Wildman–Crippen MR) is 113 cm³/mol. The van der Waals surface area contributed by atoms with E-state index in [4.69, 9.17) is 5.73 Å². The molecule has 0 fully saturated rings. The van der Waals surface area contributed by atoms with E-state index in [1.165, 1.54) is 5.56 Å². The zero-order chi connectivity index (χ0) is 18.5. The molecular weight excluding hydrogens is 328 g/mol. The lowest BCUT2D eigenvalue weighted by molar-refractivity contribution is 1.07. The number of rotatable bonds is 5. The molecule has 0 aliphatic rings. The molecule has 0 bridgehead atoms. The molecule has 0 amide bonds. The number of hydrogen-bond acceptors (Lipinski definition) is 2. The van der Waals surface area contributed by atoms with Crippen molar-refractivity contribution in [1.82, 2.24) is 0 Å². The zero-order valence-corrected chi connectivity index (χ0v) is 15.0. The highest BCUT2D eigenvalue weighted by molar-refractivity contribution is 5.78. The number of anilines is 3. The van der Waals surface area contributed by atoms with E-state index >= 15 is 0 Å². The first kappa shape index (κ1) is 17.1. The van der Waals surface area contributed by atoms with Crippen LogP contribution in [0.25, 0.3) is 11.1 Å². The van der Waals surface area contributed by atoms with Crippen LogP contribution in [0.2, 0.25) is 0 Å². The van der Waals surface area contributed by atoms with Crippen LogP contribution >= 0.6 is 0 Å². The summed E-state index contributed by atoms with van der Waals surface area (Å²) in [5, 5.41) is 0. The van der Waals surface area contributed by atoms with Crippen LogP contribution in [0.1, 0.15) is 5.56 Å². The minimum atomic E-state index is 0.502. The van der Waals surface area contributed by atoms with E-state index in [1.54, 1.807) is 0 Å². The molecule has 1 radical (unpaired) electrons. The molecule has 0 heterocycles. The fourth-order valence-corrected chi connectivity index (χ4v) is 3.22. The summed E-state index contributed by atoms with van der Waals surface area (Å²) in [5.41, 5.74) is 12.5. The Balaban J connectivity index is 1.73. The van der Waals surface area contributed by atoms with Crippen LogP contribution in [0.5, 0.6) is 0 Å². The summed E-state index contributed by atoms with van der Waals surface area (Å²) < 4.78 is 0. The van der Waals surface area contributed by atoms with Gasteiger partial charge in [0.1, 0.15) is 0 Å². The number of hydrogen-bond donors (Lipinski definition) is 1. The maximum atomic E-state index is 5.75. The van der Waals surface area contributed by atoms with Crippen molar-refractivity contribution in [2.24, 2.45) is 5.73 Å². The van der Waals surface area contributed by atoms with Crippen molar-refractivity contribution in [3.63, 3.8) is 0 Å². The smallest absolute Gasteiger partial charge is 0.0462 e. The minimum absolute atomic E-state index is 0.502. The molecule has 0 spiro atoms. The molecule has 27 heavy (non-hydrogen) atoms. The molecule has 2 N–H and O–H groups in total. The predicted octanol–water partition coefficient (Wildman–Crippen LogP) is 6.08. The average Bonchev–Trinajstić information content (AvgIpc) is 2.76. The van der Waals surface area contributed by atoms with Crippen LogP contribution in [0.4, 0.5) is 17.1 Å². The number of nitrogens with zero attached hydrogens (tertiary/aromatic N) is 1. The summed E-state index contributed by atoms with van der Waals surface area (Å²) >= 11 is 0. The van der Waals surface area contributed by atoms with Crippen molar-refractivity contribution >= 4 is 17.1 Å². The summed E-state index contributed by atoms with van der Waals surface area (Å²) in [5.74, 6) is 0. The van der Waals surface area contributed by atoms with Gasteiger partial charge in [0, 0.05) is 23.6 Å². The molecule has 0 aliphatic carbocycles. The third kappa shape index (κ3) is 3.76. The van der Waals surface area contributed by atoms with E-state index in [1.807, 2.05) is 18.2 Å². The van der Waals surface area contributed by atoms with E-state index in [0.29, 0.717) is 6.54 Å². The van der Waals surface area contributed by atoms with Gasteiger partial charge in [-0.15, -0.1) is 0 Å². The molecular formula is C25H21N2. The highest BCUT2D eigenvalue weighted by Gasteiger charge is 2.11. The van der Waals surface area contributed by atoms with Crippen molar-refractivity contribution in [2.45, 2.75) is 6.54 Å². The van der Waals surface area contributed by atoms with Gasteiger partial charge < -0.3 is 10.6 Å². The Labute approximate surface area is 160 Å². The Bertz CT molecular complexity index is 954. The van der Waals surface area contributed by atoms with Crippen LogP contribution in [-0.4, -0.2) is 0 Å². The van der Waals surface area contributed by atoms with Gasteiger partial charge in [-0.3, -0.25) is 0 Å². The zero-order valence-electron chi connectivity index (χ0n) is 15.0. The largest absolute Gasteiger partial charge is 0.326 e. The summed E-state index contributed by atoms with van der Waals surface area (Å²) in [6.45, 7) is 0.502. The SMILES string of the molecule is NCc1[c]ccc(-c2ccc(N(c3ccccc3)c3ccccc3)cc2)c1. The molecule has 4 rings (SSSR count). The van der Waals surface area contributed by atoms with Gasteiger partial charge in [0.2, 0.25) is 0 Å². The topological polar surface area (TPSA) is 29.3 Å². The molecule has 4 aromatic rings. The van der Waals surface area contributed by atoms with E-state index in [-0.39, 0.29) is 0 Å². The number of benzene rings is 4. The minimum Gasteiger partial charge on any atom is -0.326 e. The molecule has 0 saturated heterocycles. The second-order valence-corrected chi connectivity index (χ2v) is 6.36. The van der Waals surface area contributed by atoms with Gasteiger partial charge in [-0.05, 0) is 65.2 Å². The van der Waals surface area contributed by atoms with Gasteiger partial charge in [-0.25, -0.2) is 0 Å². The lowest BCUT2D eigenvalue weighted by Gasteiger charge is -2.25. The first-order valence-corrected chi connectivity index (χ1v) is 9.06. The maximum Gasteiger partial charge on any atom is 0.0462 e. The maximum absolute atomic E-state index is 5.75. The standard InChI is InChI=1S/C25H21N2/c26-19-20-8-7-9-22(18-20)21-14-16-25(17-15-21)27(23-10-3-1-4-11-23)24-12-5-2-6-13-24/h1-7,9-18H,19,26H2. The molecule has 0 aromatic heterocycles. The lowest BCUT2D eigenvalue weighted by atomic mass is 10.0. The Hall–Kier alpha value is -3.36. The second-order valence-electron chi connectivity index (χ2n) is 6.36. The van der Waals surface area contributed by atoms with Crippen molar-refractivity contribution in [1.29, 1.82) is 0 Å². The van der Waals surface area contributed by atoms with Crippen molar-refractivity contribution in [2.75, 3.05) is 4.90 Å². The molecule has 2 heteroatoms. The third-order valence-electron chi connectivity index (χ3n) is 4.57. The van der Waals surface area contributed by atoms with Crippen molar-refractivity contribution in [3.8, 4) is 11.1 Å². The molecule has 0 aliphatic heterocycles. The van der Waals surface area contributed by atoms with Crippen LogP contribution in [0, 0.1) is 6.07 Å². The Morgan fingerprint density at radius 2 is 1.19 bits per heavy atom. The van der Waals surface area contributed by atoms with E-state index < -0.39 is 0 Å². The normalized spacial score (nSPS) is 10.6. The van der Waals surface area contributed by atoms with Gasteiger partial charge in [-0.1, -0.05) is 60.7 Å². The molecule has 0 unspecified atom stereocenters. The fourth-order valence-electron chi connectivity index (χ4n) is 3.22.